The maximum Gasteiger partial charge on any atom is 0.206 e. The average Bonchev–Trinajstić information content (AvgIpc) is 2.25. The number of nitrogens with one attached hydrogen (secondary N) is 2. The van der Waals surface area contributed by atoms with Crippen molar-refractivity contribution < 1.29 is 9.47 Å². The number of guanidine groups is 1. The fourth-order valence-electron chi connectivity index (χ4n) is 1.19. The quantitative estimate of drug-likeness (QED) is 0.246. The number of rotatable bonds is 7. The maximum absolute atomic E-state index is 5.37. The van der Waals surface area contributed by atoms with E-state index >= 15 is 0 Å². The fraction of sp³-hybridized carbons (Fsp3) is 0.900. The highest BCUT2D eigenvalue weighted by Crippen LogP contribution is 1.91. The topological polar surface area (TPSA) is 80.9 Å². The average molecular weight is 232 g/mol. The van der Waals surface area contributed by atoms with Crippen molar-refractivity contribution in [3.05, 3.63) is 0 Å². The van der Waals surface area contributed by atoms with E-state index in [9.17, 15) is 0 Å². The minimum Gasteiger partial charge on any atom is -0.383 e. The Hall–Kier alpha value is -0.850. The molecule has 0 aliphatic rings. The number of aliphatic imine (C=N–C) groups is 1. The molecule has 0 aromatic carbocycles. The van der Waals surface area contributed by atoms with Gasteiger partial charge in [0, 0.05) is 19.8 Å². The zero-order valence-electron chi connectivity index (χ0n) is 10.6. The number of nitrogens with two attached hydrogens (primary N) is 1. The summed E-state index contributed by atoms with van der Waals surface area (Å²) in [7, 11) is 1.66. The predicted molar refractivity (Wildman–Crippen MR) is 65.2 cm³/mol. The van der Waals surface area contributed by atoms with Gasteiger partial charge in [0.25, 0.3) is 0 Å². The molecule has 96 valence electrons. The molecule has 6 heteroatoms. The highest BCUT2D eigenvalue weighted by atomic mass is 16.5. The Morgan fingerprint density at radius 2 is 2.06 bits per heavy atom. The number of nitrogens with zero attached hydrogens (tertiary/aromatic N) is 1. The van der Waals surface area contributed by atoms with Crippen molar-refractivity contribution in [2.75, 3.05) is 26.9 Å². The largest absolute Gasteiger partial charge is 0.383 e. The summed E-state index contributed by atoms with van der Waals surface area (Å²) in [5, 5.41) is 3.11. The first-order valence-electron chi connectivity index (χ1n) is 5.51. The molecule has 0 radical (unpaired) electrons. The van der Waals surface area contributed by atoms with E-state index in [1.165, 1.54) is 0 Å². The zero-order chi connectivity index (χ0) is 12.4. The molecule has 0 heterocycles. The second kappa shape index (κ2) is 9.38. The van der Waals surface area contributed by atoms with Crippen LogP contribution in [0, 0.1) is 0 Å². The van der Waals surface area contributed by atoms with Gasteiger partial charge in [-0.25, -0.2) is 10.8 Å². The number of ether oxygens (including phenoxy) is 2. The Morgan fingerprint density at radius 3 is 2.56 bits per heavy atom. The molecule has 0 fully saturated rings. The Kier molecular flexibility index (Phi) is 8.88. The van der Waals surface area contributed by atoms with Gasteiger partial charge >= 0.3 is 0 Å². The van der Waals surface area contributed by atoms with Gasteiger partial charge in [-0.3, -0.25) is 5.43 Å². The Morgan fingerprint density at radius 1 is 1.38 bits per heavy atom. The molecule has 0 saturated carbocycles. The molecule has 2 atom stereocenters. The van der Waals surface area contributed by atoms with E-state index in [1.54, 1.807) is 7.11 Å². The molecule has 0 aliphatic carbocycles. The van der Waals surface area contributed by atoms with Crippen LogP contribution in [0.4, 0.5) is 0 Å². The molecular formula is C10H24N4O2. The van der Waals surface area contributed by atoms with Gasteiger partial charge in [0.2, 0.25) is 5.96 Å². The summed E-state index contributed by atoms with van der Waals surface area (Å²) in [4.78, 5) is 4.34. The van der Waals surface area contributed by atoms with Crippen molar-refractivity contribution in [2.24, 2.45) is 10.8 Å². The Bertz CT molecular complexity index is 199. The van der Waals surface area contributed by atoms with Crippen LogP contribution in [0.2, 0.25) is 0 Å². The van der Waals surface area contributed by atoms with Gasteiger partial charge in [-0.05, 0) is 20.8 Å². The molecule has 0 aromatic heterocycles. The monoisotopic (exact) mass is 232 g/mol. The van der Waals surface area contributed by atoms with Gasteiger partial charge in [0.1, 0.15) is 0 Å². The van der Waals surface area contributed by atoms with Gasteiger partial charge in [-0.2, -0.15) is 0 Å². The van der Waals surface area contributed by atoms with E-state index in [0.29, 0.717) is 25.8 Å². The van der Waals surface area contributed by atoms with Crippen molar-refractivity contribution in [1.82, 2.24) is 10.7 Å². The van der Waals surface area contributed by atoms with E-state index in [0.717, 1.165) is 0 Å². The lowest BCUT2D eigenvalue weighted by molar-refractivity contribution is 0.137. The summed E-state index contributed by atoms with van der Waals surface area (Å²) in [6.07, 6.45) is 0. The third-order valence-corrected chi connectivity index (χ3v) is 1.85. The molecule has 16 heavy (non-hydrogen) atoms. The number of hydrogen-bond donors (Lipinski definition) is 3. The lowest BCUT2D eigenvalue weighted by atomic mass is 10.3. The second-order valence-corrected chi connectivity index (χ2v) is 3.63. The zero-order valence-corrected chi connectivity index (χ0v) is 10.6. The minimum absolute atomic E-state index is 0.0632. The molecular weight excluding hydrogens is 208 g/mol. The van der Waals surface area contributed by atoms with Crippen LogP contribution in [0.1, 0.15) is 20.8 Å². The molecule has 0 saturated heterocycles. The van der Waals surface area contributed by atoms with E-state index < -0.39 is 0 Å². The van der Waals surface area contributed by atoms with Crippen LogP contribution >= 0.6 is 0 Å². The van der Waals surface area contributed by atoms with E-state index in [4.69, 9.17) is 15.3 Å². The van der Waals surface area contributed by atoms with E-state index in [1.807, 2.05) is 20.8 Å². The first-order chi connectivity index (χ1) is 7.63. The van der Waals surface area contributed by atoms with Crippen LogP contribution in [0.3, 0.4) is 0 Å². The molecule has 0 aromatic rings. The van der Waals surface area contributed by atoms with Gasteiger partial charge in [0.05, 0.1) is 19.3 Å². The highest BCUT2D eigenvalue weighted by Gasteiger charge is 2.06. The fourth-order valence-corrected chi connectivity index (χ4v) is 1.19. The molecule has 0 aliphatic heterocycles. The molecule has 4 N–H and O–H groups in total. The summed E-state index contributed by atoms with van der Waals surface area (Å²) in [6.45, 7) is 7.79. The maximum atomic E-state index is 5.37. The van der Waals surface area contributed by atoms with Gasteiger partial charge in [-0.15, -0.1) is 0 Å². The molecule has 6 nitrogen and oxygen atoms in total. The summed E-state index contributed by atoms with van der Waals surface area (Å²) in [5.74, 6) is 5.92. The summed E-state index contributed by atoms with van der Waals surface area (Å²) < 4.78 is 10.3. The van der Waals surface area contributed by atoms with Gasteiger partial charge < -0.3 is 14.8 Å². The van der Waals surface area contributed by atoms with Crippen LogP contribution < -0.4 is 16.6 Å². The van der Waals surface area contributed by atoms with Crippen LogP contribution in [0.25, 0.3) is 0 Å². The second-order valence-electron chi connectivity index (χ2n) is 3.63. The minimum atomic E-state index is 0.0632. The van der Waals surface area contributed by atoms with Crippen LogP contribution in [0.15, 0.2) is 4.99 Å². The molecule has 0 amide bonds. The third kappa shape index (κ3) is 7.44. The van der Waals surface area contributed by atoms with E-state index in [2.05, 4.69) is 15.7 Å². The molecule has 2 unspecified atom stereocenters. The normalized spacial score (nSPS) is 15.7. The SMILES string of the molecule is CCOCC(C)N=C(NN)NC(C)COC. The number of methoxy groups -OCH3 is 1. The van der Waals surface area contributed by atoms with Crippen LogP contribution in [-0.2, 0) is 9.47 Å². The number of hydrogen-bond acceptors (Lipinski definition) is 4. The molecule has 0 bridgehead atoms. The van der Waals surface area contributed by atoms with Crippen LogP contribution in [0.5, 0.6) is 0 Å². The lowest BCUT2D eigenvalue weighted by Gasteiger charge is -2.17. The Labute approximate surface area is 97.6 Å². The molecule has 0 rings (SSSR count). The first kappa shape index (κ1) is 15.2. The summed E-state index contributed by atoms with van der Waals surface area (Å²) in [6, 6.07) is 0.215. The van der Waals surface area contributed by atoms with Crippen molar-refractivity contribution in [1.29, 1.82) is 0 Å². The van der Waals surface area contributed by atoms with Crippen molar-refractivity contribution in [3.8, 4) is 0 Å². The lowest BCUT2D eigenvalue weighted by Crippen LogP contribution is -2.47. The number of hydrazine groups is 1. The first-order valence-corrected chi connectivity index (χ1v) is 5.51. The van der Waals surface area contributed by atoms with Crippen molar-refractivity contribution in [2.45, 2.75) is 32.9 Å². The van der Waals surface area contributed by atoms with Crippen molar-refractivity contribution in [3.63, 3.8) is 0 Å². The smallest absolute Gasteiger partial charge is 0.206 e. The van der Waals surface area contributed by atoms with Gasteiger partial charge in [-0.1, -0.05) is 0 Å². The summed E-state index contributed by atoms with van der Waals surface area (Å²) >= 11 is 0. The molecule has 0 spiro atoms. The van der Waals surface area contributed by atoms with Gasteiger partial charge in [0.15, 0.2) is 0 Å². The predicted octanol–water partition coefficient (Wildman–Crippen LogP) is -0.145. The highest BCUT2D eigenvalue weighted by molar-refractivity contribution is 5.79. The standard InChI is InChI=1S/C10H24N4O2/c1-5-16-7-9(3)13-10(14-11)12-8(2)6-15-4/h8-9H,5-7,11H2,1-4H3,(H2,12,13,14). The van der Waals surface area contributed by atoms with Crippen LogP contribution in [-0.4, -0.2) is 45.0 Å². The summed E-state index contributed by atoms with van der Waals surface area (Å²) in [5.41, 5.74) is 2.53. The Balaban J connectivity index is 4.08. The third-order valence-electron chi connectivity index (χ3n) is 1.85. The van der Waals surface area contributed by atoms with E-state index in [-0.39, 0.29) is 12.1 Å². The van der Waals surface area contributed by atoms with Crippen molar-refractivity contribution >= 4 is 5.96 Å².